The van der Waals surface area contributed by atoms with E-state index in [1.807, 2.05) is 0 Å². The second kappa shape index (κ2) is 9.89. The normalized spacial score (nSPS) is 20.5. The van der Waals surface area contributed by atoms with E-state index in [9.17, 15) is 0 Å². The van der Waals surface area contributed by atoms with Gasteiger partial charge in [0.15, 0.2) is 5.96 Å². The molecule has 0 spiro atoms. The molecule has 0 amide bonds. The fourth-order valence-corrected chi connectivity index (χ4v) is 4.53. The van der Waals surface area contributed by atoms with Gasteiger partial charge in [-0.25, -0.2) is 0 Å². The molecule has 1 aromatic carbocycles. The molecule has 150 valence electrons. The Hall–Kier alpha value is -1.11. The van der Waals surface area contributed by atoms with Crippen molar-refractivity contribution in [2.75, 3.05) is 46.4 Å². The molecule has 0 unspecified atom stereocenters. The Morgan fingerprint density at radius 1 is 1.30 bits per heavy atom. The summed E-state index contributed by atoms with van der Waals surface area (Å²) in [4.78, 5) is 7.45. The second-order valence-corrected chi connectivity index (χ2v) is 8.56. The number of hydrogen-bond donors (Lipinski definition) is 2. The molecule has 2 fully saturated rings. The molecule has 5 nitrogen and oxygen atoms in total. The zero-order valence-electron chi connectivity index (χ0n) is 16.6. The number of hydrogen-bond acceptors (Lipinski definition) is 3. The van der Waals surface area contributed by atoms with Crippen LogP contribution in [0.5, 0.6) is 0 Å². The fourth-order valence-electron chi connectivity index (χ4n) is 3.82. The zero-order valence-corrected chi connectivity index (χ0v) is 18.2. The van der Waals surface area contributed by atoms with Gasteiger partial charge in [-0.2, -0.15) is 0 Å². The molecule has 3 rings (SSSR count). The lowest BCUT2D eigenvalue weighted by Gasteiger charge is -2.33. The molecule has 0 aromatic heterocycles. The zero-order chi connectivity index (χ0) is 19.1. The monoisotopic (exact) mass is 436 g/mol. The van der Waals surface area contributed by atoms with Gasteiger partial charge in [-0.05, 0) is 44.2 Å². The van der Waals surface area contributed by atoms with E-state index in [0.29, 0.717) is 6.04 Å². The molecule has 1 aromatic rings. The van der Waals surface area contributed by atoms with Crippen LogP contribution >= 0.6 is 15.9 Å². The molecule has 0 atom stereocenters. The Labute approximate surface area is 172 Å². The largest absolute Gasteiger partial charge is 0.383 e. The van der Waals surface area contributed by atoms with Gasteiger partial charge in [0, 0.05) is 49.2 Å². The lowest BCUT2D eigenvalue weighted by Crippen LogP contribution is -2.49. The first kappa shape index (κ1) is 20.6. The van der Waals surface area contributed by atoms with Gasteiger partial charge >= 0.3 is 0 Å². The molecule has 1 heterocycles. The Bertz CT molecular complexity index is 624. The van der Waals surface area contributed by atoms with Crippen LogP contribution in [0.1, 0.15) is 38.2 Å². The lowest BCUT2D eigenvalue weighted by molar-refractivity contribution is 0.128. The van der Waals surface area contributed by atoms with Gasteiger partial charge in [-0.15, -0.1) is 0 Å². The van der Waals surface area contributed by atoms with Crippen LogP contribution in [0, 0.1) is 0 Å². The number of benzene rings is 1. The van der Waals surface area contributed by atoms with Gasteiger partial charge in [-0.1, -0.05) is 34.1 Å². The van der Waals surface area contributed by atoms with Crippen molar-refractivity contribution >= 4 is 21.9 Å². The quantitative estimate of drug-likeness (QED) is 0.485. The number of aliphatic imine (C=N–C) groups is 1. The maximum Gasteiger partial charge on any atom is 0.191 e. The highest BCUT2D eigenvalue weighted by molar-refractivity contribution is 9.10. The molecule has 1 aliphatic heterocycles. The predicted molar refractivity (Wildman–Crippen MR) is 116 cm³/mol. The van der Waals surface area contributed by atoms with E-state index >= 15 is 0 Å². The average Bonchev–Trinajstić information content (AvgIpc) is 3.47. The van der Waals surface area contributed by atoms with Crippen molar-refractivity contribution in [1.82, 2.24) is 15.5 Å². The summed E-state index contributed by atoms with van der Waals surface area (Å²) in [5.41, 5.74) is 1.61. The van der Waals surface area contributed by atoms with Crippen molar-refractivity contribution in [2.24, 2.45) is 4.99 Å². The minimum absolute atomic E-state index is 0.214. The summed E-state index contributed by atoms with van der Waals surface area (Å²) in [5, 5.41) is 7.10. The summed E-state index contributed by atoms with van der Waals surface area (Å²) in [7, 11) is 1.77. The summed E-state index contributed by atoms with van der Waals surface area (Å²) < 4.78 is 6.40. The number of piperidine rings is 1. The number of ether oxygens (including phenoxy) is 1. The van der Waals surface area contributed by atoms with E-state index in [2.05, 4.69) is 62.7 Å². The summed E-state index contributed by atoms with van der Waals surface area (Å²) in [6.07, 6.45) is 4.75. The van der Waals surface area contributed by atoms with Crippen molar-refractivity contribution in [3.05, 3.63) is 34.3 Å². The predicted octanol–water partition coefficient (Wildman–Crippen LogP) is 3.15. The van der Waals surface area contributed by atoms with Gasteiger partial charge in [0.1, 0.15) is 0 Å². The van der Waals surface area contributed by atoms with E-state index in [1.54, 1.807) is 7.11 Å². The van der Waals surface area contributed by atoms with Crippen molar-refractivity contribution in [3.63, 3.8) is 0 Å². The lowest BCUT2D eigenvalue weighted by atomic mass is 9.96. The number of halogens is 1. The number of nitrogens with zero attached hydrogens (tertiary/aromatic N) is 2. The highest BCUT2D eigenvalue weighted by Gasteiger charge is 2.45. The number of rotatable bonds is 8. The van der Waals surface area contributed by atoms with Crippen LogP contribution < -0.4 is 10.6 Å². The Morgan fingerprint density at radius 3 is 2.67 bits per heavy atom. The van der Waals surface area contributed by atoms with Gasteiger partial charge in [0.2, 0.25) is 0 Å². The van der Waals surface area contributed by atoms with Crippen molar-refractivity contribution < 1.29 is 4.74 Å². The first-order valence-electron chi connectivity index (χ1n) is 10.2. The van der Waals surface area contributed by atoms with Crippen LogP contribution in [0.25, 0.3) is 0 Å². The standard InChI is InChI=1S/C21H33BrN4O/c1-3-23-20(25-17-8-12-26(13-9-17)14-15-27-2)24-16-21(10-11-21)18-6-4-5-7-19(18)22/h4-7,17H,3,8-16H2,1-2H3,(H2,23,24,25). The fraction of sp³-hybridized carbons (Fsp3) is 0.667. The summed E-state index contributed by atoms with van der Waals surface area (Å²) >= 11 is 3.72. The van der Waals surface area contributed by atoms with Crippen LogP contribution in [-0.4, -0.2) is 63.3 Å². The van der Waals surface area contributed by atoms with Crippen molar-refractivity contribution in [1.29, 1.82) is 0 Å². The van der Waals surface area contributed by atoms with Gasteiger partial charge in [0.05, 0.1) is 13.2 Å². The SMILES string of the molecule is CCNC(=NCC1(c2ccccc2Br)CC1)NC1CCN(CCOC)CC1. The molecule has 1 aliphatic carbocycles. The average molecular weight is 437 g/mol. The van der Waals surface area contributed by atoms with Gasteiger partial charge in [-0.3, -0.25) is 4.99 Å². The minimum atomic E-state index is 0.214. The Kier molecular flexibility index (Phi) is 7.56. The molecule has 0 bridgehead atoms. The molecule has 27 heavy (non-hydrogen) atoms. The van der Waals surface area contributed by atoms with Crippen LogP contribution in [0.4, 0.5) is 0 Å². The summed E-state index contributed by atoms with van der Waals surface area (Å²) in [6, 6.07) is 9.09. The number of likely N-dealkylation sites (tertiary alicyclic amines) is 1. The van der Waals surface area contributed by atoms with E-state index in [-0.39, 0.29) is 5.41 Å². The molecule has 0 radical (unpaired) electrons. The van der Waals surface area contributed by atoms with Crippen molar-refractivity contribution in [2.45, 2.75) is 44.1 Å². The maximum atomic E-state index is 5.19. The van der Waals surface area contributed by atoms with E-state index < -0.39 is 0 Å². The minimum Gasteiger partial charge on any atom is -0.383 e. The van der Waals surface area contributed by atoms with Gasteiger partial charge < -0.3 is 20.3 Å². The molecule has 1 saturated heterocycles. The molecular weight excluding hydrogens is 404 g/mol. The van der Waals surface area contributed by atoms with E-state index in [1.165, 1.54) is 22.9 Å². The third-order valence-electron chi connectivity index (χ3n) is 5.72. The number of guanidine groups is 1. The first-order valence-corrected chi connectivity index (χ1v) is 11.0. The topological polar surface area (TPSA) is 48.9 Å². The number of nitrogens with one attached hydrogen (secondary N) is 2. The third kappa shape index (κ3) is 5.69. The Morgan fingerprint density at radius 2 is 2.04 bits per heavy atom. The highest BCUT2D eigenvalue weighted by Crippen LogP contribution is 2.50. The molecule has 1 saturated carbocycles. The third-order valence-corrected chi connectivity index (χ3v) is 6.41. The second-order valence-electron chi connectivity index (χ2n) is 7.71. The molecular formula is C21H33BrN4O. The van der Waals surface area contributed by atoms with Crippen LogP contribution in [-0.2, 0) is 10.2 Å². The van der Waals surface area contributed by atoms with Crippen LogP contribution in [0.15, 0.2) is 33.7 Å². The van der Waals surface area contributed by atoms with Gasteiger partial charge in [0.25, 0.3) is 0 Å². The highest BCUT2D eigenvalue weighted by atomic mass is 79.9. The summed E-state index contributed by atoms with van der Waals surface area (Å²) in [5.74, 6) is 0.964. The maximum absolute atomic E-state index is 5.19. The molecule has 6 heteroatoms. The number of methoxy groups -OCH3 is 1. The van der Waals surface area contributed by atoms with Crippen LogP contribution in [0.2, 0.25) is 0 Å². The molecule has 2 aliphatic rings. The van der Waals surface area contributed by atoms with Crippen LogP contribution in [0.3, 0.4) is 0 Å². The summed E-state index contributed by atoms with van der Waals surface area (Å²) in [6.45, 7) is 7.97. The Balaban J connectivity index is 1.55. The van der Waals surface area contributed by atoms with E-state index in [4.69, 9.17) is 9.73 Å². The smallest absolute Gasteiger partial charge is 0.191 e. The molecule has 2 N–H and O–H groups in total. The first-order chi connectivity index (χ1) is 13.2. The van der Waals surface area contributed by atoms with E-state index in [0.717, 1.165) is 58.1 Å². The van der Waals surface area contributed by atoms with Crippen molar-refractivity contribution in [3.8, 4) is 0 Å².